The van der Waals surface area contributed by atoms with Gasteiger partial charge in [0.25, 0.3) is 0 Å². The summed E-state index contributed by atoms with van der Waals surface area (Å²) in [5.74, 6) is 0.696. The summed E-state index contributed by atoms with van der Waals surface area (Å²) in [6.07, 6.45) is 6.60. The average Bonchev–Trinajstić information content (AvgIpc) is 2.49. The number of fused-ring (bicyclic) bond motifs is 1. The minimum atomic E-state index is 0.189. The van der Waals surface area contributed by atoms with Crippen LogP contribution < -0.4 is 4.90 Å². The highest BCUT2D eigenvalue weighted by molar-refractivity contribution is 5.95. The SMILES string of the molecule is CC(C)N1C(=O)N(CC2CCCCC2)Cc2ccccc21. The van der Waals surface area contributed by atoms with Crippen molar-refractivity contribution < 1.29 is 4.79 Å². The highest BCUT2D eigenvalue weighted by atomic mass is 16.2. The molecule has 3 heteroatoms. The fourth-order valence-electron chi connectivity index (χ4n) is 3.73. The zero-order valence-corrected chi connectivity index (χ0v) is 13.2. The molecule has 3 nitrogen and oxygen atoms in total. The van der Waals surface area contributed by atoms with Crippen molar-refractivity contribution >= 4 is 11.7 Å². The van der Waals surface area contributed by atoms with Gasteiger partial charge in [0.2, 0.25) is 0 Å². The van der Waals surface area contributed by atoms with E-state index in [-0.39, 0.29) is 12.1 Å². The second kappa shape index (κ2) is 6.08. The molecule has 1 aliphatic carbocycles. The maximum atomic E-state index is 12.9. The van der Waals surface area contributed by atoms with Crippen LogP contribution in [-0.2, 0) is 6.54 Å². The number of urea groups is 1. The van der Waals surface area contributed by atoms with Crippen LogP contribution >= 0.6 is 0 Å². The van der Waals surface area contributed by atoms with Crippen LogP contribution in [0.3, 0.4) is 0 Å². The Morgan fingerprint density at radius 1 is 1.14 bits per heavy atom. The van der Waals surface area contributed by atoms with Crippen LogP contribution in [0.4, 0.5) is 10.5 Å². The Morgan fingerprint density at radius 2 is 1.86 bits per heavy atom. The Bertz CT molecular complexity index is 506. The minimum absolute atomic E-state index is 0.189. The molecule has 0 radical (unpaired) electrons. The van der Waals surface area contributed by atoms with Gasteiger partial charge in [-0.3, -0.25) is 4.90 Å². The van der Waals surface area contributed by atoms with Crippen LogP contribution in [0.15, 0.2) is 24.3 Å². The van der Waals surface area contributed by atoms with E-state index < -0.39 is 0 Å². The molecule has 1 aromatic rings. The van der Waals surface area contributed by atoms with Gasteiger partial charge >= 0.3 is 6.03 Å². The predicted octanol–water partition coefficient (Wildman–Crippen LogP) is 4.42. The first-order chi connectivity index (χ1) is 10.2. The van der Waals surface area contributed by atoms with Gasteiger partial charge in [0.1, 0.15) is 0 Å². The van der Waals surface area contributed by atoms with Crippen molar-refractivity contribution in [2.75, 3.05) is 11.4 Å². The first kappa shape index (κ1) is 14.4. The fourth-order valence-corrected chi connectivity index (χ4v) is 3.73. The maximum absolute atomic E-state index is 12.9. The largest absolute Gasteiger partial charge is 0.325 e. The Balaban J connectivity index is 1.81. The van der Waals surface area contributed by atoms with Crippen LogP contribution in [0.1, 0.15) is 51.5 Å². The standard InChI is InChI=1S/C18H26N2O/c1-14(2)20-17-11-7-6-10-16(17)13-19(18(20)21)12-15-8-4-3-5-9-15/h6-7,10-11,14-15H,3-5,8-9,12-13H2,1-2H3. The zero-order valence-electron chi connectivity index (χ0n) is 13.2. The number of hydrogen-bond donors (Lipinski definition) is 0. The maximum Gasteiger partial charge on any atom is 0.325 e. The van der Waals surface area contributed by atoms with E-state index in [1.807, 2.05) is 11.0 Å². The van der Waals surface area contributed by atoms with E-state index in [0.29, 0.717) is 5.92 Å². The highest BCUT2D eigenvalue weighted by Crippen LogP contribution is 2.32. The van der Waals surface area contributed by atoms with Gasteiger partial charge in [0.15, 0.2) is 0 Å². The molecule has 0 saturated heterocycles. The van der Waals surface area contributed by atoms with Crippen molar-refractivity contribution in [2.45, 2.75) is 58.5 Å². The van der Waals surface area contributed by atoms with E-state index in [9.17, 15) is 4.79 Å². The molecule has 2 aliphatic rings. The van der Waals surface area contributed by atoms with Gasteiger partial charge in [0, 0.05) is 19.1 Å². The van der Waals surface area contributed by atoms with Crippen molar-refractivity contribution in [3.8, 4) is 0 Å². The number of carbonyl (C=O) groups excluding carboxylic acids is 1. The number of hydrogen-bond acceptors (Lipinski definition) is 1. The molecule has 1 aromatic carbocycles. The van der Waals surface area contributed by atoms with Crippen molar-refractivity contribution in [3.05, 3.63) is 29.8 Å². The Morgan fingerprint density at radius 3 is 2.57 bits per heavy atom. The summed E-state index contributed by atoms with van der Waals surface area (Å²) in [7, 11) is 0. The summed E-state index contributed by atoms with van der Waals surface area (Å²) < 4.78 is 0. The highest BCUT2D eigenvalue weighted by Gasteiger charge is 2.32. The molecule has 1 heterocycles. The van der Waals surface area contributed by atoms with Gasteiger partial charge in [-0.25, -0.2) is 4.79 Å². The minimum Gasteiger partial charge on any atom is -0.320 e. The van der Waals surface area contributed by atoms with Crippen LogP contribution in [0.5, 0.6) is 0 Å². The summed E-state index contributed by atoms with van der Waals surface area (Å²) in [4.78, 5) is 16.9. The molecule has 0 unspecified atom stereocenters. The lowest BCUT2D eigenvalue weighted by Crippen LogP contribution is -2.51. The van der Waals surface area contributed by atoms with E-state index >= 15 is 0 Å². The second-order valence-corrected chi connectivity index (χ2v) is 6.76. The van der Waals surface area contributed by atoms with Crippen LogP contribution in [0.25, 0.3) is 0 Å². The predicted molar refractivity (Wildman–Crippen MR) is 86.4 cm³/mol. The van der Waals surface area contributed by atoms with Crippen molar-refractivity contribution in [1.82, 2.24) is 4.90 Å². The summed E-state index contributed by atoms with van der Waals surface area (Å²) in [6.45, 7) is 5.89. The molecule has 114 valence electrons. The topological polar surface area (TPSA) is 23.6 Å². The van der Waals surface area contributed by atoms with E-state index in [0.717, 1.165) is 18.8 Å². The summed E-state index contributed by atoms with van der Waals surface area (Å²) >= 11 is 0. The average molecular weight is 286 g/mol. The van der Waals surface area contributed by atoms with Crippen LogP contribution in [0, 0.1) is 5.92 Å². The van der Waals surface area contributed by atoms with E-state index in [4.69, 9.17) is 0 Å². The van der Waals surface area contributed by atoms with Crippen molar-refractivity contribution in [1.29, 1.82) is 0 Å². The number of nitrogens with zero attached hydrogens (tertiary/aromatic N) is 2. The number of para-hydroxylation sites is 1. The molecule has 0 bridgehead atoms. The monoisotopic (exact) mass is 286 g/mol. The third kappa shape index (κ3) is 2.92. The molecule has 0 aromatic heterocycles. The Hall–Kier alpha value is -1.51. The molecule has 2 amide bonds. The lowest BCUT2D eigenvalue weighted by atomic mass is 9.88. The van der Waals surface area contributed by atoms with Crippen LogP contribution in [-0.4, -0.2) is 23.5 Å². The van der Waals surface area contributed by atoms with Crippen molar-refractivity contribution in [3.63, 3.8) is 0 Å². The zero-order chi connectivity index (χ0) is 14.8. The Labute approximate surface area is 127 Å². The van der Waals surface area contributed by atoms with Gasteiger partial charge in [-0.1, -0.05) is 37.5 Å². The summed E-state index contributed by atoms with van der Waals surface area (Å²) in [5, 5.41) is 0. The quantitative estimate of drug-likeness (QED) is 0.807. The lowest BCUT2D eigenvalue weighted by molar-refractivity contribution is 0.175. The van der Waals surface area contributed by atoms with Gasteiger partial charge < -0.3 is 4.90 Å². The van der Waals surface area contributed by atoms with Gasteiger partial charge in [-0.2, -0.15) is 0 Å². The van der Waals surface area contributed by atoms with Crippen molar-refractivity contribution in [2.24, 2.45) is 5.92 Å². The van der Waals surface area contributed by atoms with E-state index in [1.165, 1.54) is 37.7 Å². The number of anilines is 1. The van der Waals surface area contributed by atoms with E-state index in [1.54, 1.807) is 0 Å². The number of carbonyl (C=O) groups is 1. The summed E-state index contributed by atoms with van der Waals surface area (Å²) in [6, 6.07) is 8.72. The fraction of sp³-hybridized carbons (Fsp3) is 0.611. The normalized spacial score (nSPS) is 20.0. The smallest absolute Gasteiger partial charge is 0.320 e. The number of benzene rings is 1. The lowest BCUT2D eigenvalue weighted by Gasteiger charge is -2.41. The molecule has 1 aliphatic heterocycles. The molecule has 1 saturated carbocycles. The first-order valence-corrected chi connectivity index (χ1v) is 8.33. The van der Waals surface area contributed by atoms with Gasteiger partial charge in [-0.15, -0.1) is 0 Å². The molecular weight excluding hydrogens is 260 g/mol. The summed E-state index contributed by atoms with van der Waals surface area (Å²) in [5.41, 5.74) is 2.37. The molecule has 0 atom stereocenters. The third-order valence-corrected chi connectivity index (χ3v) is 4.81. The number of amides is 2. The molecular formula is C18H26N2O. The van der Waals surface area contributed by atoms with Gasteiger partial charge in [-0.05, 0) is 44.2 Å². The molecule has 1 fully saturated rings. The third-order valence-electron chi connectivity index (χ3n) is 4.81. The molecule has 21 heavy (non-hydrogen) atoms. The second-order valence-electron chi connectivity index (χ2n) is 6.76. The molecule has 0 spiro atoms. The molecule has 3 rings (SSSR count). The van der Waals surface area contributed by atoms with Gasteiger partial charge in [0.05, 0.1) is 5.69 Å². The molecule has 0 N–H and O–H groups in total. The first-order valence-electron chi connectivity index (χ1n) is 8.33. The van der Waals surface area contributed by atoms with E-state index in [2.05, 4.69) is 36.9 Å². The number of rotatable bonds is 3. The van der Waals surface area contributed by atoms with Crippen LogP contribution in [0.2, 0.25) is 0 Å². The Kier molecular flexibility index (Phi) is 4.18.